The first kappa shape index (κ1) is 15.9. The van der Waals surface area contributed by atoms with Gasteiger partial charge in [0.05, 0.1) is 22.3 Å². The van der Waals surface area contributed by atoms with Crippen molar-refractivity contribution in [2.75, 3.05) is 30.3 Å². The third-order valence-electron chi connectivity index (χ3n) is 3.39. The van der Waals surface area contributed by atoms with Crippen molar-refractivity contribution in [3.05, 3.63) is 17.2 Å². The monoisotopic (exact) mass is 331 g/mol. The third kappa shape index (κ3) is 3.40. The Hall–Kier alpha value is -1.50. The van der Waals surface area contributed by atoms with Gasteiger partial charge in [0.25, 0.3) is 5.91 Å². The number of rotatable bonds is 2. The van der Waals surface area contributed by atoms with Crippen molar-refractivity contribution in [3.8, 4) is 5.75 Å². The maximum Gasteiger partial charge on any atom is 0.262 e. The Kier molecular flexibility index (Phi) is 4.92. The Bertz CT molecular complexity index is 574. The van der Waals surface area contributed by atoms with E-state index in [9.17, 15) is 9.59 Å². The lowest BCUT2D eigenvalue weighted by molar-refractivity contribution is -0.119. The number of anilines is 2. The highest BCUT2D eigenvalue weighted by atomic mass is 35.5. The first-order chi connectivity index (χ1) is 9.63. The quantitative estimate of drug-likeness (QED) is 0.769. The molecular formula is C13H15Cl2N3O3. The van der Waals surface area contributed by atoms with Crippen LogP contribution >= 0.6 is 24.0 Å². The van der Waals surface area contributed by atoms with E-state index in [4.69, 9.17) is 16.3 Å². The first-order valence-corrected chi connectivity index (χ1v) is 6.79. The van der Waals surface area contributed by atoms with Gasteiger partial charge in [0.1, 0.15) is 5.75 Å². The largest absolute Gasteiger partial charge is 0.482 e. The number of carbonyl (C=O) groups excluding carboxylic acids is 2. The van der Waals surface area contributed by atoms with Crippen LogP contribution in [0.2, 0.25) is 5.02 Å². The number of halogens is 2. The van der Waals surface area contributed by atoms with Gasteiger partial charge < -0.3 is 20.7 Å². The zero-order valence-corrected chi connectivity index (χ0v) is 12.6. The maximum atomic E-state index is 12.1. The van der Waals surface area contributed by atoms with Crippen LogP contribution in [0.25, 0.3) is 0 Å². The van der Waals surface area contributed by atoms with Gasteiger partial charge in [-0.15, -0.1) is 12.4 Å². The molecule has 2 aliphatic heterocycles. The van der Waals surface area contributed by atoms with Crippen LogP contribution in [0.15, 0.2) is 12.1 Å². The fourth-order valence-electron chi connectivity index (χ4n) is 2.31. The number of nitrogens with one attached hydrogen (secondary N) is 3. The number of hydrogen-bond donors (Lipinski definition) is 3. The van der Waals surface area contributed by atoms with E-state index in [0.29, 0.717) is 28.7 Å². The van der Waals surface area contributed by atoms with Crippen molar-refractivity contribution < 1.29 is 14.3 Å². The molecule has 0 aliphatic carbocycles. The lowest BCUT2D eigenvalue weighted by Crippen LogP contribution is -2.26. The van der Waals surface area contributed by atoms with Gasteiger partial charge >= 0.3 is 0 Å². The molecule has 8 heteroatoms. The first-order valence-electron chi connectivity index (χ1n) is 6.41. The van der Waals surface area contributed by atoms with E-state index in [1.165, 1.54) is 0 Å². The molecule has 3 rings (SSSR count). The molecule has 0 bridgehead atoms. The molecule has 0 aromatic heterocycles. The maximum absolute atomic E-state index is 12.1. The molecule has 2 aliphatic rings. The highest BCUT2D eigenvalue weighted by molar-refractivity contribution is 6.34. The van der Waals surface area contributed by atoms with E-state index >= 15 is 0 Å². The van der Waals surface area contributed by atoms with Crippen LogP contribution in [0.4, 0.5) is 11.4 Å². The van der Waals surface area contributed by atoms with Crippen molar-refractivity contribution in [1.29, 1.82) is 0 Å². The van der Waals surface area contributed by atoms with Crippen LogP contribution in [0.5, 0.6) is 5.75 Å². The molecule has 3 N–H and O–H groups in total. The molecule has 21 heavy (non-hydrogen) atoms. The van der Waals surface area contributed by atoms with E-state index < -0.39 is 0 Å². The standard InChI is InChI=1S/C13H14ClN3O3.ClH/c14-8-3-10-11(20-6-12(18)16-10)4-9(8)17-13(19)7-1-2-15-5-7;/h3-4,7,15H,1-2,5-6H2,(H,16,18)(H,17,19);1H. The van der Waals surface area contributed by atoms with Crippen LogP contribution in [0.1, 0.15) is 6.42 Å². The van der Waals surface area contributed by atoms with Crippen molar-refractivity contribution in [1.82, 2.24) is 5.32 Å². The summed E-state index contributed by atoms with van der Waals surface area (Å²) in [6, 6.07) is 3.22. The van der Waals surface area contributed by atoms with Crippen molar-refractivity contribution >= 4 is 47.2 Å². The van der Waals surface area contributed by atoms with E-state index in [0.717, 1.165) is 13.0 Å². The van der Waals surface area contributed by atoms with Gasteiger partial charge in [-0.05, 0) is 19.0 Å². The average Bonchev–Trinajstić information content (AvgIpc) is 2.94. The van der Waals surface area contributed by atoms with Crippen LogP contribution in [-0.2, 0) is 9.59 Å². The van der Waals surface area contributed by atoms with E-state index in [1.807, 2.05) is 0 Å². The minimum atomic E-state index is -0.220. The van der Waals surface area contributed by atoms with Crippen molar-refractivity contribution in [2.24, 2.45) is 5.92 Å². The highest BCUT2D eigenvalue weighted by Crippen LogP contribution is 2.36. The molecule has 1 unspecified atom stereocenters. The second-order valence-corrected chi connectivity index (χ2v) is 5.25. The number of amides is 2. The molecule has 114 valence electrons. The fraction of sp³-hybridized carbons (Fsp3) is 0.385. The number of hydrogen-bond acceptors (Lipinski definition) is 4. The van der Waals surface area contributed by atoms with Crippen molar-refractivity contribution in [3.63, 3.8) is 0 Å². The topological polar surface area (TPSA) is 79.5 Å². The highest BCUT2D eigenvalue weighted by Gasteiger charge is 2.24. The van der Waals surface area contributed by atoms with Gasteiger partial charge in [0.15, 0.2) is 6.61 Å². The van der Waals surface area contributed by atoms with Crippen LogP contribution in [0.3, 0.4) is 0 Å². The molecule has 1 aromatic rings. The summed E-state index contributed by atoms with van der Waals surface area (Å²) in [5.74, 6) is 0.190. The Morgan fingerprint density at radius 2 is 2.24 bits per heavy atom. The lowest BCUT2D eigenvalue weighted by atomic mass is 10.1. The molecule has 0 radical (unpaired) electrons. The zero-order chi connectivity index (χ0) is 14.1. The normalized spacial score (nSPS) is 19.9. The molecule has 1 fully saturated rings. The van der Waals surface area contributed by atoms with Gasteiger partial charge in [-0.25, -0.2) is 0 Å². The molecule has 0 saturated carbocycles. The molecule has 1 saturated heterocycles. The molecule has 1 aromatic carbocycles. The number of benzene rings is 1. The van der Waals surface area contributed by atoms with Gasteiger partial charge in [-0.3, -0.25) is 9.59 Å². The van der Waals surface area contributed by atoms with Gasteiger partial charge in [0.2, 0.25) is 5.91 Å². The predicted molar refractivity (Wildman–Crippen MR) is 82.4 cm³/mol. The summed E-state index contributed by atoms with van der Waals surface area (Å²) < 4.78 is 5.30. The fourth-order valence-corrected chi connectivity index (χ4v) is 2.52. The predicted octanol–water partition coefficient (Wildman–Crippen LogP) is 1.64. The zero-order valence-electron chi connectivity index (χ0n) is 11.1. The van der Waals surface area contributed by atoms with Crippen molar-refractivity contribution in [2.45, 2.75) is 6.42 Å². The van der Waals surface area contributed by atoms with E-state index in [2.05, 4.69) is 16.0 Å². The molecular weight excluding hydrogens is 317 g/mol. The Balaban J connectivity index is 0.00000161. The van der Waals surface area contributed by atoms with E-state index in [-0.39, 0.29) is 36.7 Å². The molecule has 0 spiro atoms. The van der Waals surface area contributed by atoms with Crippen LogP contribution in [-0.4, -0.2) is 31.5 Å². The second-order valence-electron chi connectivity index (χ2n) is 4.84. The Morgan fingerprint density at radius 1 is 1.43 bits per heavy atom. The summed E-state index contributed by atoms with van der Waals surface area (Å²) >= 11 is 6.12. The number of carbonyl (C=O) groups is 2. The van der Waals surface area contributed by atoms with Gasteiger partial charge in [-0.1, -0.05) is 11.6 Å². The Morgan fingerprint density at radius 3 is 2.95 bits per heavy atom. The SMILES string of the molecule is Cl.O=C1COc2cc(NC(=O)C3CCNC3)c(Cl)cc2N1. The van der Waals surface area contributed by atoms with Crippen LogP contribution < -0.4 is 20.7 Å². The molecule has 1 atom stereocenters. The number of fused-ring (bicyclic) bond motifs is 1. The van der Waals surface area contributed by atoms with E-state index in [1.54, 1.807) is 12.1 Å². The minimum absolute atomic E-state index is 0. The number of ether oxygens (including phenoxy) is 1. The lowest BCUT2D eigenvalue weighted by Gasteiger charge is -2.20. The summed E-state index contributed by atoms with van der Waals surface area (Å²) in [5.41, 5.74) is 1.02. The summed E-state index contributed by atoms with van der Waals surface area (Å²) in [4.78, 5) is 23.3. The van der Waals surface area contributed by atoms with Gasteiger partial charge in [-0.2, -0.15) is 0 Å². The Labute approximate surface area is 133 Å². The molecule has 2 amide bonds. The van der Waals surface area contributed by atoms with Gasteiger partial charge in [0, 0.05) is 12.6 Å². The smallest absolute Gasteiger partial charge is 0.262 e. The molecule has 2 heterocycles. The molecule has 6 nitrogen and oxygen atoms in total. The summed E-state index contributed by atoms with van der Waals surface area (Å²) in [6.45, 7) is 1.50. The van der Waals surface area contributed by atoms with Crippen LogP contribution in [0, 0.1) is 5.92 Å². The average molecular weight is 332 g/mol. The third-order valence-corrected chi connectivity index (χ3v) is 3.70. The second kappa shape index (κ2) is 6.51. The minimum Gasteiger partial charge on any atom is -0.482 e. The summed E-state index contributed by atoms with van der Waals surface area (Å²) in [5, 5.41) is 8.99. The summed E-state index contributed by atoms with van der Waals surface area (Å²) in [6.07, 6.45) is 0.820. The summed E-state index contributed by atoms with van der Waals surface area (Å²) in [7, 11) is 0.